The van der Waals surface area contributed by atoms with Crippen LogP contribution in [-0.4, -0.2) is 32.9 Å². The molecule has 5 heteroatoms. The molecule has 2 amide bonds. The van der Waals surface area contributed by atoms with Crippen LogP contribution in [0.4, 0.5) is 4.79 Å². The zero-order valence-corrected chi connectivity index (χ0v) is 12.0. The third-order valence-electron chi connectivity index (χ3n) is 2.56. The Hall–Kier alpha value is -2.01. The summed E-state index contributed by atoms with van der Waals surface area (Å²) in [5, 5.41) is 5.39. The van der Waals surface area contributed by atoms with Gasteiger partial charge in [0.05, 0.1) is 7.11 Å². The van der Waals surface area contributed by atoms with Crippen LogP contribution in [0.3, 0.4) is 0 Å². The van der Waals surface area contributed by atoms with E-state index in [0.29, 0.717) is 19.8 Å². The second kappa shape index (κ2) is 9.86. The maximum atomic E-state index is 11.4. The van der Waals surface area contributed by atoms with Gasteiger partial charge in [-0.15, -0.1) is 0 Å². The molecular weight excluding hydrogens is 256 g/mol. The molecule has 1 rings (SSSR count). The fourth-order valence-corrected chi connectivity index (χ4v) is 1.50. The number of hydrogen-bond donors (Lipinski definition) is 2. The minimum absolute atomic E-state index is 0.216. The van der Waals surface area contributed by atoms with E-state index in [9.17, 15) is 4.79 Å². The normalized spacial score (nSPS) is 10.5. The van der Waals surface area contributed by atoms with E-state index in [2.05, 4.69) is 10.6 Å². The molecular formula is C15H22N2O3. The number of hydrogen-bond acceptors (Lipinski definition) is 3. The predicted molar refractivity (Wildman–Crippen MR) is 79.7 cm³/mol. The average molecular weight is 278 g/mol. The smallest absolute Gasteiger partial charge is 0.318 e. The number of carbonyl (C=O) groups excluding carboxylic acids is 1. The van der Waals surface area contributed by atoms with E-state index in [4.69, 9.17) is 9.47 Å². The lowest BCUT2D eigenvalue weighted by atomic mass is 10.2. The zero-order chi connectivity index (χ0) is 14.6. The maximum absolute atomic E-state index is 11.4. The van der Waals surface area contributed by atoms with Crippen LogP contribution in [0, 0.1) is 0 Å². The molecule has 0 fully saturated rings. The minimum Gasteiger partial charge on any atom is -0.497 e. The van der Waals surface area contributed by atoms with Crippen molar-refractivity contribution in [2.24, 2.45) is 0 Å². The van der Waals surface area contributed by atoms with Gasteiger partial charge in [0.25, 0.3) is 0 Å². The van der Waals surface area contributed by atoms with Gasteiger partial charge in [-0.3, -0.25) is 0 Å². The Morgan fingerprint density at radius 1 is 1.30 bits per heavy atom. The summed E-state index contributed by atoms with van der Waals surface area (Å²) in [5.41, 5.74) is 0.988. The van der Waals surface area contributed by atoms with Crippen LogP contribution in [0.1, 0.15) is 18.9 Å². The van der Waals surface area contributed by atoms with Gasteiger partial charge in [0.2, 0.25) is 0 Å². The largest absolute Gasteiger partial charge is 0.497 e. The highest BCUT2D eigenvalue weighted by molar-refractivity contribution is 5.75. The van der Waals surface area contributed by atoms with Crippen LogP contribution in [0.25, 0.3) is 6.08 Å². The first-order valence-electron chi connectivity index (χ1n) is 6.69. The molecule has 0 saturated carbocycles. The molecule has 0 unspecified atom stereocenters. The molecule has 0 saturated heterocycles. The topological polar surface area (TPSA) is 59.6 Å². The maximum Gasteiger partial charge on any atom is 0.318 e. The Bertz CT molecular complexity index is 416. The third-order valence-corrected chi connectivity index (χ3v) is 2.56. The summed E-state index contributed by atoms with van der Waals surface area (Å²) in [7, 11) is 1.63. The molecule has 20 heavy (non-hydrogen) atoms. The Morgan fingerprint density at radius 2 is 2.05 bits per heavy atom. The van der Waals surface area contributed by atoms with Crippen molar-refractivity contribution in [1.82, 2.24) is 10.6 Å². The van der Waals surface area contributed by atoms with Gasteiger partial charge in [0.1, 0.15) is 5.75 Å². The average Bonchev–Trinajstić information content (AvgIpc) is 2.48. The molecule has 0 aromatic heterocycles. The molecule has 1 aromatic carbocycles. The zero-order valence-electron chi connectivity index (χ0n) is 12.0. The van der Waals surface area contributed by atoms with Crippen LogP contribution in [0.2, 0.25) is 0 Å². The van der Waals surface area contributed by atoms with Crippen LogP contribution >= 0.6 is 0 Å². The Kier molecular flexibility index (Phi) is 7.91. The number of amides is 2. The predicted octanol–water partition coefficient (Wildman–Crippen LogP) is 2.39. The van der Waals surface area contributed by atoms with Gasteiger partial charge in [-0.25, -0.2) is 4.79 Å². The van der Waals surface area contributed by atoms with Crippen molar-refractivity contribution in [3.05, 3.63) is 36.0 Å². The quantitative estimate of drug-likeness (QED) is 0.718. The molecule has 5 nitrogen and oxygen atoms in total. The summed E-state index contributed by atoms with van der Waals surface area (Å²) in [6.07, 6.45) is 4.24. The minimum atomic E-state index is -0.216. The number of rotatable bonds is 8. The van der Waals surface area contributed by atoms with Crippen molar-refractivity contribution in [2.75, 3.05) is 26.9 Å². The van der Waals surface area contributed by atoms with E-state index in [1.54, 1.807) is 13.3 Å². The summed E-state index contributed by atoms with van der Waals surface area (Å²) in [5.74, 6) is 0.808. The summed E-state index contributed by atoms with van der Waals surface area (Å²) in [6, 6.07) is 7.35. The van der Waals surface area contributed by atoms with E-state index < -0.39 is 0 Å². The fraction of sp³-hybridized carbons (Fsp3) is 0.400. The van der Waals surface area contributed by atoms with Gasteiger partial charge in [-0.05, 0) is 37.1 Å². The van der Waals surface area contributed by atoms with Crippen LogP contribution in [0.5, 0.6) is 5.75 Å². The van der Waals surface area contributed by atoms with Crippen molar-refractivity contribution >= 4 is 12.1 Å². The lowest BCUT2D eigenvalue weighted by Crippen LogP contribution is -2.33. The van der Waals surface area contributed by atoms with Crippen molar-refractivity contribution in [3.8, 4) is 5.75 Å². The van der Waals surface area contributed by atoms with Gasteiger partial charge < -0.3 is 20.1 Å². The number of methoxy groups -OCH3 is 1. The van der Waals surface area contributed by atoms with E-state index >= 15 is 0 Å². The lowest BCUT2D eigenvalue weighted by Gasteiger charge is -2.04. The number of nitrogens with one attached hydrogen (secondary N) is 2. The highest BCUT2D eigenvalue weighted by Crippen LogP contribution is 2.11. The molecule has 0 aliphatic heterocycles. The number of urea groups is 1. The Balaban J connectivity index is 2.20. The Morgan fingerprint density at radius 3 is 2.70 bits per heavy atom. The first-order chi connectivity index (χ1) is 9.76. The Labute approximate surface area is 120 Å². The molecule has 2 N–H and O–H groups in total. The third kappa shape index (κ3) is 6.80. The number of ether oxygens (including phenoxy) is 2. The van der Waals surface area contributed by atoms with Crippen LogP contribution < -0.4 is 15.4 Å². The standard InChI is InChI=1S/C15H22N2O3/c1-3-20-12-4-10-16-15(18)17-11-9-13-5-7-14(19-2)8-6-13/h5-9,11H,3-4,10,12H2,1-2H3,(H2,16,17,18)/b11-9+. The number of benzene rings is 1. The first-order valence-corrected chi connectivity index (χ1v) is 6.69. The highest BCUT2D eigenvalue weighted by atomic mass is 16.5. The SMILES string of the molecule is CCOCCCNC(=O)N/C=C/c1ccc(OC)cc1. The summed E-state index contributed by atoms with van der Waals surface area (Å²) >= 11 is 0. The van der Waals surface area contributed by atoms with Gasteiger partial charge in [0, 0.05) is 26.0 Å². The van der Waals surface area contributed by atoms with Crippen LogP contribution in [0.15, 0.2) is 30.5 Å². The second-order valence-corrected chi connectivity index (χ2v) is 4.06. The van der Waals surface area contributed by atoms with E-state index in [-0.39, 0.29) is 6.03 Å². The van der Waals surface area contributed by atoms with Crippen molar-refractivity contribution in [1.29, 1.82) is 0 Å². The second-order valence-electron chi connectivity index (χ2n) is 4.06. The van der Waals surface area contributed by atoms with Gasteiger partial charge in [0.15, 0.2) is 0 Å². The monoisotopic (exact) mass is 278 g/mol. The van der Waals surface area contributed by atoms with Crippen molar-refractivity contribution < 1.29 is 14.3 Å². The summed E-state index contributed by atoms with van der Waals surface area (Å²) in [4.78, 5) is 11.4. The highest BCUT2D eigenvalue weighted by Gasteiger charge is 1.95. The molecule has 0 bridgehead atoms. The molecule has 0 aliphatic rings. The number of carbonyl (C=O) groups is 1. The molecule has 110 valence electrons. The van der Waals surface area contributed by atoms with Crippen molar-refractivity contribution in [2.45, 2.75) is 13.3 Å². The van der Waals surface area contributed by atoms with Gasteiger partial charge in [-0.1, -0.05) is 12.1 Å². The van der Waals surface area contributed by atoms with Gasteiger partial charge >= 0.3 is 6.03 Å². The van der Waals surface area contributed by atoms with E-state index in [1.165, 1.54) is 0 Å². The van der Waals surface area contributed by atoms with E-state index in [0.717, 1.165) is 17.7 Å². The molecule has 0 spiro atoms. The molecule has 0 aliphatic carbocycles. The summed E-state index contributed by atoms with van der Waals surface area (Å²) in [6.45, 7) is 3.92. The first kappa shape index (κ1) is 16.0. The van der Waals surface area contributed by atoms with Crippen molar-refractivity contribution in [3.63, 3.8) is 0 Å². The molecule has 1 aromatic rings. The molecule has 0 heterocycles. The lowest BCUT2D eigenvalue weighted by molar-refractivity contribution is 0.145. The van der Waals surface area contributed by atoms with Crippen LogP contribution in [-0.2, 0) is 4.74 Å². The fourth-order valence-electron chi connectivity index (χ4n) is 1.50. The summed E-state index contributed by atoms with van der Waals surface area (Å²) < 4.78 is 10.2. The van der Waals surface area contributed by atoms with Gasteiger partial charge in [-0.2, -0.15) is 0 Å². The molecule has 0 radical (unpaired) electrons. The van der Waals surface area contributed by atoms with E-state index in [1.807, 2.05) is 37.3 Å². The molecule has 0 atom stereocenters.